The maximum atomic E-state index is 11.8. The van der Waals surface area contributed by atoms with E-state index in [1.165, 1.54) is 17.3 Å². The molecule has 9 nitrogen and oxygen atoms in total. The number of para-hydroxylation sites is 1. The zero-order valence-corrected chi connectivity index (χ0v) is 26.5. The van der Waals surface area contributed by atoms with Crippen molar-refractivity contribution in [1.29, 1.82) is 0 Å². The Morgan fingerprint density at radius 3 is 2.56 bits per heavy atom. The van der Waals surface area contributed by atoms with Crippen LogP contribution in [0.3, 0.4) is 0 Å². The lowest BCUT2D eigenvalue weighted by Gasteiger charge is -2.38. The third-order valence-electron chi connectivity index (χ3n) is 9.02. The van der Waals surface area contributed by atoms with Crippen molar-refractivity contribution in [3.8, 4) is 34.2 Å². The lowest BCUT2D eigenvalue weighted by atomic mass is 9.93. The molecule has 1 N–H and O–H groups in total. The summed E-state index contributed by atoms with van der Waals surface area (Å²) in [5.41, 5.74) is 8.24. The van der Waals surface area contributed by atoms with Crippen molar-refractivity contribution in [3.05, 3.63) is 88.1 Å². The van der Waals surface area contributed by atoms with E-state index in [4.69, 9.17) is 18.9 Å². The summed E-state index contributed by atoms with van der Waals surface area (Å²) in [4.78, 5) is 14.4. The van der Waals surface area contributed by atoms with Gasteiger partial charge in [-0.15, -0.1) is 0 Å². The topological polar surface area (TPSA) is 95.3 Å². The number of nitrogens with zero attached hydrogens (tertiary/aromatic N) is 3. The zero-order chi connectivity index (χ0) is 31.5. The number of carboxylic acids is 1. The number of aromatic carboxylic acids is 1. The highest BCUT2D eigenvalue weighted by atomic mass is 16.5. The Hall–Kier alpha value is -4.34. The standard InChI is InChI=1S/C36H41N3O6/c1-5-44-35-31(36(40)41)20-37-39(35)32-11-7-9-28(24(32)3)30-10-6-8-23(2)33(30)45-22-26-13-12-25-21-38(27-15-18-43-19-16-27)17-14-29(25)34(26)42-4/h6-13,20,27H,5,14-19,21-22H2,1-4H3,(H,40,41). The van der Waals surface area contributed by atoms with Gasteiger partial charge in [-0.05, 0) is 68.4 Å². The number of hydrogen-bond donors (Lipinski definition) is 1. The van der Waals surface area contributed by atoms with Gasteiger partial charge in [0.1, 0.15) is 23.7 Å². The summed E-state index contributed by atoms with van der Waals surface area (Å²) < 4.78 is 25.5. The molecule has 4 aromatic rings. The largest absolute Gasteiger partial charge is 0.496 e. The number of aryl methyl sites for hydroxylation is 1. The van der Waals surface area contributed by atoms with Crippen LogP contribution in [0.25, 0.3) is 16.8 Å². The molecule has 9 heteroatoms. The first-order valence-corrected chi connectivity index (χ1v) is 15.7. The molecule has 0 unspecified atom stereocenters. The maximum absolute atomic E-state index is 11.8. The third-order valence-corrected chi connectivity index (χ3v) is 9.02. The van der Waals surface area contributed by atoms with Gasteiger partial charge in [0.25, 0.3) is 0 Å². The summed E-state index contributed by atoms with van der Waals surface area (Å²) in [6.07, 6.45) is 4.47. The Labute approximate surface area is 264 Å². The van der Waals surface area contributed by atoms with Crippen LogP contribution >= 0.6 is 0 Å². The minimum absolute atomic E-state index is 0.0246. The summed E-state index contributed by atoms with van der Waals surface area (Å²) >= 11 is 0. The van der Waals surface area contributed by atoms with E-state index >= 15 is 0 Å². The molecule has 0 amide bonds. The molecular formula is C36H41N3O6. The number of hydrogen-bond acceptors (Lipinski definition) is 7. The van der Waals surface area contributed by atoms with Crippen molar-refractivity contribution in [3.63, 3.8) is 0 Å². The second-order valence-electron chi connectivity index (χ2n) is 11.7. The van der Waals surface area contributed by atoms with E-state index in [2.05, 4.69) is 28.2 Å². The van der Waals surface area contributed by atoms with E-state index in [1.807, 2.05) is 51.1 Å². The molecule has 2 aliphatic heterocycles. The predicted octanol–water partition coefficient (Wildman–Crippen LogP) is 6.38. The van der Waals surface area contributed by atoms with Crippen LogP contribution in [-0.4, -0.2) is 65.3 Å². The van der Waals surface area contributed by atoms with Gasteiger partial charge >= 0.3 is 5.97 Å². The van der Waals surface area contributed by atoms with Gasteiger partial charge in [-0.2, -0.15) is 5.10 Å². The van der Waals surface area contributed by atoms with Gasteiger partial charge in [0.15, 0.2) is 0 Å². The number of aromatic nitrogens is 2. The van der Waals surface area contributed by atoms with Crippen molar-refractivity contribution >= 4 is 5.97 Å². The highest BCUT2D eigenvalue weighted by Crippen LogP contribution is 2.39. The van der Waals surface area contributed by atoms with E-state index < -0.39 is 5.97 Å². The predicted molar refractivity (Wildman–Crippen MR) is 172 cm³/mol. The van der Waals surface area contributed by atoms with Crippen molar-refractivity contribution in [1.82, 2.24) is 14.7 Å². The average molecular weight is 612 g/mol. The monoisotopic (exact) mass is 611 g/mol. The smallest absolute Gasteiger partial charge is 0.342 e. The van der Waals surface area contributed by atoms with Gasteiger partial charge in [0.05, 0.1) is 25.6 Å². The van der Waals surface area contributed by atoms with Crippen LogP contribution in [0.15, 0.2) is 54.7 Å². The molecule has 3 aromatic carbocycles. The van der Waals surface area contributed by atoms with Crippen LogP contribution in [-0.2, 0) is 24.3 Å². The average Bonchev–Trinajstić information content (AvgIpc) is 3.48. The first-order chi connectivity index (χ1) is 21.9. The van der Waals surface area contributed by atoms with Gasteiger partial charge < -0.3 is 24.1 Å². The first kappa shape index (κ1) is 30.7. The second kappa shape index (κ2) is 13.3. The highest BCUT2D eigenvalue weighted by molar-refractivity contribution is 5.90. The number of rotatable bonds is 10. The van der Waals surface area contributed by atoms with Gasteiger partial charge in [0, 0.05) is 49.0 Å². The molecule has 1 saturated heterocycles. The van der Waals surface area contributed by atoms with Crippen LogP contribution in [0.1, 0.15) is 57.9 Å². The molecular weight excluding hydrogens is 570 g/mol. The molecule has 3 heterocycles. The molecule has 2 aliphatic rings. The van der Waals surface area contributed by atoms with E-state index in [-0.39, 0.29) is 11.4 Å². The van der Waals surface area contributed by atoms with Crippen LogP contribution in [0.2, 0.25) is 0 Å². The van der Waals surface area contributed by atoms with Crippen LogP contribution in [0, 0.1) is 13.8 Å². The number of carboxylic acid groups (broad SMARTS) is 1. The fourth-order valence-electron chi connectivity index (χ4n) is 6.70. The first-order valence-electron chi connectivity index (χ1n) is 15.7. The third kappa shape index (κ3) is 6.02. The Morgan fingerprint density at radius 2 is 1.80 bits per heavy atom. The summed E-state index contributed by atoms with van der Waals surface area (Å²) in [5, 5.41) is 14.1. The van der Waals surface area contributed by atoms with Crippen molar-refractivity contribution in [2.45, 2.75) is 59.2 Å². The molecule has 0 aliphatic carbocycles. The number of ether oxygens (including phenoxy) is 4. The quantitative estimate of drug-likeness (QED) is 0.221. The Bertz CT molecular complexity index is 1690. The van der Waals surface area contributed by atoms with Crippen LogP contribution < -0.4 is 14.2 Å². The molecule has 6 rings (SSSR count). The number of methoxy groups -OCH3 is 1. The zero-order valence-electron chi connectivity index (χ0n) is 26.5. The van der Waals surface area contributed by atoms with E-state index in [0.717, 1.165) is 90.6 Å². The SMILES string of the molecule is CCOc1c(C(=O)O)cnn1-c1cccc(-c2cccc(C)c2OCc2ccc3c(c2OC)CCN(C2CCOCC2)C3)c1C. The molecule has 1 aromatic heterocycles. The molecule has 1 fully saturated rings. The van der Waals surface area contributed by atoms with Crippen molar-refractivity contribution in [2.75, 3.05) is 33.5 Å². The fraction of sp³-hybridized carbons (Fsp3) is 0.389. The minimum Gasteiger partial charge on any atom is -0.496 e. The second-order valence-corrected chi connectivity index (χ2v) is 11.7. The number of benzene rings is 3. The minimum atomic E-state index is -1.08. The van der Waals surface area contributed by atoms with Crippen molar-refractivity contribution in [2.24, 2.45) is 0 Å². The van der Waals surface area contributed by atoms with Gasteiger partial charge in [-0.1, -0.05) is 42.5 Å². The van der Waals surface area contributed by atoms with E-state index in [0.29, 0.717) is 19.3 Å². The van der Waals surface area contributed by atoms with E-state index in [1.54, 1.807) is 11.8 Å². The Kier molecular flexibility index (Phi) is 9.09. The summed E-state index contributed by atoms with van der Waals surface area (Å²) in [6, 6.07) is 17.0. The lowest BCUT2D eigenvalue weighted by molar-refractivity contribution is 0.0289. The Morgan fingerprint density at radius 1 is 1.02 bits per heavy atom. The summed E-state index contributed by atoms with van der Waals surface area (Å²) in [6.45, 7) is 10.2. The summed E-state index contributed by atoms with van der Waals surface area (Å²) in [7, 11) is 1.75. The number of fused-ring (bicyclic) bond motifs is 1. The number of carbonyl (C=O) groups is 1. The van der Waals surface area contributed by atoms with Crippen LogP contribution in [0.4, 0.5) is 0 Å². The van der Waals surface area contributed by atoms with Gasteiger partial charge in [-0.25, -0.2) is 9.48 Å². The lowest BCUT2D eigenvalue weighted by Crippen LogP contribution is -2.42. The van der Waals surface area contributed by atoms with E-state index in [9.17, 15) is 9.90 Å². The van der Waals surface area contributed by atoms with Crippen molar-refractivity contribution < 1.29 is 28.8 Å². The normalized spacial score (nSPS) is 15.5. The fourth-order valence-corrected chi connectivity index (χ4v) is 6.70. The molecule has 0 bridgehead atoms. The summed E-state index contributed by atoms with van der Waals surface area (Å²) in [5.74, 6) is 0.840. The molecule has 0 spiro atoms. The Balaban J connectivity index is 1.29. The molecule has 45 heavy (non-hydrogen) atoms. The maximum Gasteiger partial charge on any atom is 0.342 e. The highest BCUT2D eigenvalue weighted by Gasteiger charge is 2.28. The molecule has 0 atom stereocenters. The molecule has 0 radical (unpaired) electrons. The van der Waals surface area contributed by atoms with Gasteiger partial charge in [-0.3, -0.25) is 4.90 Å². The molecule has 236 valence electrons. The molecule has 0 saturated carbocycles. The van der Waals surface area contributed by atoms with Crippen LogP contribution in [0.5, 0.6) is 17.4 Å². The van der Waals surface area contributed by atoms with Gasteiger partial charge in [0.2, 0.25) is 5.88 Å².